The van der Waals surface area contributed by atoms with Crippen LogP contribution in [0.25, 0.3) is 0 Å². The third-order valence-electron chi connectivity index (χ3n) is 4.84. The molecule has 2 atom stereocenters. The summed E-state index contributed by atoms with van der Waals surface area (Å²) >= 11 is 0. The number of methoxy groups -OCH3 is 1. The Morgan fingerprint density at radius 2 is 1.58 bits per heavy atom. The smallest absolute Gasteiger partial charge is 0.328 e. The maximum absolute atomic E-state index is 13.5. The monoisotopic (exact) mass is 353 g/mol. The molecule has 1 aliphatic rings. The minimum atomic E-state index is -0.758. The second kappa shape index (κ2) is 8.15. The molecule has 1 fully saturated rings. The van der Waals surface area contributed by atoms with Crippen molar-refractivity contribution in [2.75, 3.05) is 13.7 Å². The third-order valence-corrected chi connectivity index (χ3v) is 4.84. The van der Waals surface area contributed by atoms with E-state index in [0.717, 1.165) is 11.1 Å². The van der Waals surface area contributed by atoms with Crippen LogP contribution in [-0.4, -0.2) is 47.7 Å². The second-order valence-corrected chi connectivity index (χ2v) is 6.50. The van der Waals surface area contributed by atoms with E-state index >= 15 is 0 Å². The van der Waals surface area contributed by atoms with Crippen LogP contribution in [0.3, 0.4) is 0 Å². The van der Waals surface area contributed by atoms with Gasteiger partial charge in [-0.05, 0) is 17.5 Å². The molecule has 5 nitrogen and oxygen atoms in total. The quantitative estimate of drug-likeness (QED) is 0.857. The van der Waals surface area contributed by atoms with E-state index in [1.165, 1.54) is 7.11 Å². The van der Waals surface area contributed by atoms with E-state index in [1.807, 2.05) is 60.7 Å². The summed E-state index contributed by atoms with van der Waals surface area (Å²) in [6.45, 7) is 0.329. The normalized spacial score (nSPS) is 20.0. The Bertz CT molecular complexity index is 708. The Labute approximate surface area is 153 Å². The van der Waals surface area contributed by atoms with Crippen LogP contribution in [-0.2, 0) is 14.3 Å². The number of carbonyl (C=O) groups is 2. The molecule has 1 N–H and O–H groups in total. The van der Waals surface area contributed by atoms with Gasteiger partial charge in [0.2, 0.25) is 5.91 Å². The molecule has 2 aromatic rings. The fourth-order valence-electron chi connectivity index (χ4n) is 3.50. The van der Waals surface area contributed by atoms with Gasteiger partial charge in [-0.2, -0.15) is 0 Å². The van der Waals surface area contributed by atoms with Crippen LogP contribution in [0.5, 0.6) is 0 Å². The Kier molecular flexibility index (Phi) is 5.68. The first-order valence-electron chi connectivity index (χ1n) is 8.78. The first-order chi connectivity index (χ1) is 12.6. The van der Waals surface area contributed by atoms with E-state index in [4.69, 9.17) is 4.74 Å². The fourth-order valence-corrected chi connectivity index (χ4v) is 3.50. The average Bonchev–Trinajstić information content (AvgIpc) is 2.69. The number of likely N-dealkylation sites (tertiary alicyclic amines) is 1. The van der Waals surface area contributed by atoms with Crippen molar-refractivity contribution in [3.63, 3.8) is 0 Å². The van der Waals surface area contributed by atoms with Gasteiger partial charge in [0, 0.05) is 13.0 Å². The first-order valence-corrected chi connectivity index (χ1v) is 8.78. The number of nitrogens with zero attached hydrogens (tertiary/aromatic N) is 1. The molecule has 0 spiro atoms. The molecule has 2 aromatic carbocycles. The predicted molar refractivity (Wildman–Crippen MR) is 97.5 cm³/mol. The van der Waals surface area contributed by atoms with E-state index in [2.05, 4.69) is 0 Å². The Morgan fingerprint density at radius 3 is 2.08 bits per heavy atom. The van der Waals surface area contributed by atoms with E-state index in [-0.39, 0.29) is 12.3 Å². The summed E-state index contributed by atoms with van der Waals surface area (Å²) in [4.78, 5) is 27.2. The number of benzene rings is 2. The van der Waals surface area contributed by atoms with Crippen LogP contribution in [0.1, 0.15) is 29.9 Å². The number of hydrogen-bond acceptors (Lipinski definition) is 4. The number of rotatable bonds is 4. The summed E-state index contributed by atoms with van der Waals surface area (Å²) in [5.41, 5.74) is 1.75. The number of esters is 1. The predicted octanol–water partition coefficient (Wildman–Crippen LogP) is 2.34. The first kappa shape index (κ1) is 18.1. The number of ether oxygens (including phenoxy) is 1. The van der Waals surface area contributed by atoms with Crippen molar-refractivity contribution in [2.24, 2.45) is 0 Å². The van der Waals surface area contributed by atoms with Crippen molar-refractivity contribution in [1.82, 2.24) is 4.90 Å². The van der Waals surface area contributed by atoms with Gasteiger partial charge >= 0.3 is 5.97 Å². The summed E-state index contributed by atoms with van der Waals surface area (Å²) in [5.74, 6) is -1.14. The molecule has 1 saturated heterocycles. The van der Waals surface area contributed by atoms with Gasteiger partial charge in [-0.3, -0.25) is 4.79 Å². The van der Waals surface area contributed by atoms with Crippen LogP contribution in [0.15, 0.2) is 60.7 Å². The molecule has 0 bridgehead atoms. The van der Waals surface area contributed by atoms with Crippen molar-refractivity contribution in [3.8, 4) is 0 Å². The number of amides is 1. The molecule has 0 aliphatic carbocycles. The molecule has 1 unspecified atom stereocenters. The number of carbonyl (C=O) groups excluding carboxylic acids is 2. The van der Waals surface area contributed by atoms with Crippen molar-refractivity contribution in [1.29, 1.82) is 0 Å². The van der Waals surface area contributed by atoms with Gasteiger partial charge in [0.15, 0.2) is 0 Å². The Balaban J connectivity index is 1.98. The van der Waals surface area contributed by atoms with Crippen LogP contribution >= 0.6 is 0 Å². The zero-order valence-corrected chi connectivity index (χ0v) is 14.7. The number of aliphatic hydroxyl groups is 1. The summed E-state index contributed by atoms with van der Waals surface area (Å²) in [7, 11) is 1.30. The number of hydrogen-bond donors (Lipinski definition) is 1. The van der Waals surface area contributed by atoms with Gasteiger partial charge in [0.05, 0.1) is 19.1 Å². The lowest BCUT2D eigenvalue weighted by atomic mass is 9.88. The topological polar surface area (TPSA) is 66.8 Å². The van der Waals surface area contributed by atoms with Crippen LogP contribution in [0.2, 0.25) is 0 Å². The van der Waals surface area contributed by atoms with E-state index in [0.29, 0.717) is 13.0 Å². The lowest BCUT2D eigenvalue weighted by Gasteiger charge is -2.38. The molecule has 0 radical (unpaired) electrons. The van der Waals surface area contributed by atoms with Gasteiger partial charge in [-0.25, -0.2) is 4.79 Å². The molecular formula is C21H23NO4. The average molecular weight is 353 g/mol. The highest BCUT2D eigenvalue weighted by atomic mass is 16.5. The van der Waals surface area contributed by atoms with E-state index < -0.39 is 24.0 Å². The highest BCUT2D eigenvalue weighted by Gasteiger charge is 2.39. The van der Waals surface area contributed by atoms with E-state index in [9.17, 15) is 14.7 Å². The lowest BCUT2D eigenvalue weighted by Crippen LogP contribution is -2.53. The van der Waals surface area contributed by atoms with Gasteiger partial charge in [0.25, 0.3) is 0 Å². The minimum Gasteiger partial charge on any atom is -0.467 e. The molecular weight excluding hydrogens is 330 g/mol. The standard InChI is InChI=1S/C21H23NO4/c1-26-21(25)18-14-17(23)12-13-22(18)20(24)19(15-8-4-2-5-9-15)16-10-6-3-7-11-16/h2-11,17-19,23H,12-14H2,1H3/t17?,18-/m0/s1. The molecule has 1 amide bonds. The van der Waals surface area contributed by atoms with E-state index in [1.54, 1.807) is 4.90 Å². The largest absolute Gasteiger partial charge is 0.467 e. The molecule has 1 aliphatic heterocycles. The van der Waals surface area contributed by atoms with Gasteiger partial charge in [0.1, 0.15) is 6.04 Å². The van der Waals surface area contributed by atoms with Gasteiger partial charge in [-0.15, -0.1) is 0 Å². The zero-order chi connectivity index (χ0) is 18.5. The van der Waals surface area contributed by atoms with Crippen LogP contribution in [0, 0.1) is 0 Å². The lowest BCUT2D eigenvalue weighted by molar-refractivity contribution is -0.157. The van der Waals surface area contributed by atoms with Crippen molar-refractivity contribution < 1.29 is 19.4 Å². The fraction of sp³-hybridized carbons (Fsp3) is 0.333. The Hall–Kier alpha value is -2.66. The molecule has 136 valence electrons. The maximum Gasteiger partial charge on any atom is 0.328 e. The second-order valence-electron chi connectivity index (χ2n) is 6.50. The van der Waals surface area contributed by atoms with Gasteiger partial charge < -0.3 is 14.7 Å². The summed E-state index contributed by atoms with van der Waals surface area (Å²) in [5, 5.41) is 9.95. The molecule has 1 heterocycles. The summed E-state index contributed by atoms with van der Waals surface area (Å²) in [6.07, 6.45) is 0.0552. The van der Waals surface area contributed by atoms with Crippen molar-refractivity contribution >= 4 is 11.9 Å². The van der Waals surface area contributed by atoms with Crippen LogP contribution < -0.4 is 0 Å². The molecule has 0 aromatic heterocycles. The maximum atomic E-state index is 13.5. The highest BCUT2D eigenvalue weighted by molar-refractivity contribution is 5.91. The van der Waals surface area contributed by atoms with Crippen LogP contribution in [0.4, 0.5) is 0 Å². The molecule has 26 heavy (non-hydrogen) atoms. The minimum absolute atomic E-state index is 0.148. The summed E-state index contributed by atoms with van der Waals surface area (Å²) in [6, 6.07) is 18.3. The number of aliphatic hydroxyl groups excluding tert-OH is 1. The van der Waals surface area contributed by atoms with Crippen molar-refractivity contribution in [2.45, 2.75) is 30.9 Å². The SMILES string of the molecule is COC(=O)[C@@H]1CC(O)CCN1C(=O)C(c1ccccc1)c1ccccc1. The summed E-state index contributed by atoms with van der Waals surface area (Å²) < 4.78 is 4.87. The van der Waals surface area contributed by atoms with Gasteiger partial charge in [-0.1, -0.05) is 60.7 Å². The molecule has 3 rings (SSSR count). The molecule has 0 saturated carbocycles. The zero-order valence-electron chi connectivity index (χ0n) is 14.7. The molecule has 5 heteroatoms. The van der Waals surface area contributed by atoms with Crippen molar-refractivity contribution in [3.05, 3.63) is 71.8 Å². The number of piperidine rings is 1. The highest BCUT2D eigenvalue weighted by Crippen LogP contribution is 2.30. The Morgan fingerprint density at radius 1 is 1.04 bits per heavy atom. The third kappa shape index (κ3) is 3.78.